The Bertz CT molecular complexity index is 397. The van der Waals surface area contributed by atoms with Crippen molar-refractivity contribution in [2.75, 3.05) is 5.73 Å². The van der Waals surface area contributed by atoms with Crippen LogP contribution >= 0.6 is 0 Å². The van der Waals surface area contributed by atoms with Crippen LogP contribution < -0.4 is 11.5 Å². The predicted octanol–water partition coefficient (Wildman–Crippen LogP) is 0.968. The minimum absolute atomic E-state index is 0.0977. The van der Waals surface area contributed by atoms with E-state index in [0.29, 0.717) is 6.07 Å². The van der Waals surface area contributed by atoms with Crippen LogP contribution in [-0.2, 0) is 6.54 Å². The van der Waals surface area contributed by atoms with Crippen LogP contribution in [0.3, 0.4) is 0 Å². The first-order chi connectivity index (χ1) is 6.97. The average molecular weight is 218 g/mol. The predicted molar refractivity (Wildman–Crippen MR) is 48.2 cm³/mol. The second-order valence-corrected chi connectivity index (χ2v) is 2.69. The van der Waals surface area contributed by atoms with Crippen LogP contribution in [0.1, 0.15) is 17.7 Å². The molecular weight excluding hydrogens is 210 g/mol. The molecule has 1 heterocycles. The van der Waals surface area contributed by atoms with Gasteiger partial charge in [0.1, 0.15) is 0 Å². The molecule has 1 aromatic heterocycles. The van der Waals surface area contributed by atoms with E-state index in [2.05, 4.69) is 4.98 Å². The molecule has 4 N–H and O–H groups in total. The molecule has 0 amide bonds. The molecule has 1 aromatic rings. The van der Waals surface area contributed by atoms with E-state index in [1.165, 1.54) is 0 Å². The summed E-state index contributed by atoms with van der Waals surface area (Å²) in [6, 6.07) is 0.652. The van der Waals surface area contributed by atoms with Gasteiger partial charge in [-0.2, -0.15) is 0 Å². The summed E-state index contributed by atoms with van der Waals surface area (Å²) in [5.74, 6) is -0.681. The summed E-state index contributed by atoms with van der Waals surface area (Å²) in [6.45, 7) is -0.229. The fourth-order valence-electron chi connectivity index (χ4n) is 1.04. The first kappa shape index (κ1) is 11.2. The summed E-state index contributed by atoms with van der Waals surface area (Å²) in [7, 11) is 0. The van der Waals surface area contributed by atoms with Crippen molar-refractivity contribution in [1.29, 1.82) is 0 Å². The molecule has 82 valence electrons. The Morgan fingerprint density at radius 3 is 2.60 bits per heavy atom. The Morgan fingerprint density at radius 2 is 2.20 bits per heavy atom. The van der Waals surface area contributed by atoms with Crippen molar-refractivity contribution in [2.24, 2.45) is 5.73 Å². The largest absolute Gasteiger partial charge is 0.395 e. The van der Waals surface area contributed by atoms with Gasteiger partial charge in [-0.15, -0.1) is 0 Å². The van der Waals surface area contributed by atoms with Crippen LogP contribution in [0, 0.1) is 10.1 Å². The summed E-state index contributed by atoms with van der Waals surface area (Å²) in [5.41, 5.74) is 9.49. The van der Waals surface area contributed by atoms with Crippen molar-refractivity contribution in [3.8, 4) is 0 Å². The number of nitrogens with two attached hydrogens (primary N) is 2. The van der Waals surface area contributed by atoms with Crippen molar-refractivity contribution < 1.29 is 13.7 Å². The van der Waals surface area contributed by atoms with E-state index >= 15 is 0 Å². The van der Waals surface area contributed by atoms with E-state index in [9.17, 15) is 18.9 Å². The van der Waals surface area contributed by atoms with Crippen LogP contribution in [0.4, 0.5) is 20.3 Å². The van der Waals surface area contributed by atoms with E-state index in [0.717, 1.165) is 0 Å². The second kappa shape index (κ2) is 4.13. The van der Waals surface area contributed by atoms with Gasteiger partial charge in [-0.1, -0.05) is 0 Å². The van der Waals surface area contributed by atoms with Gasteiger partial charge in [0.25, 0.3) is 6.43 Å². The SMILES string of the molecule is NCc1nc([N+](=O)[O-])cc(C(F)F)c1N. The first-order valence-corrected chi connectivity index (χ1v) is 3.89. The standard InChI is InChI=1S/C7H8F2N4O2/c8-7(9)3-1-5(13(14)15)12-4(2-10)6(3)11/h1,7H,2,10-11H2. The van der Waals surface area contributed by atoms with Gasteiger partial charge in [-0.25, -0.2) is 8.78 Å². The van der Waals surface area contributed by atoms with Gasteiger partial charge in [0.05, 0.1) is 17.8 Å². The molecule has 0 saturated heterocycles. The summed E-state index contributed by atoms with van der Waals surface area (Å²) in [5, 5.41) is 10.4. The Labute approximate surface area is 83.0 Å². The van der Waals surface area contributed by atoms with Gasteiger partial charge in [0.2, 0.25) is 0 Å². The maximum absolute atomic E-state index is 12.4. The molecule has 15 heavy (non-hydrogen) atoms. The molecule has 8 heteroatoms. The minimum Gasteiger partial charge on any atom is -0.395 e. The van der Waals surface area contributed by atoms with Crippen molar-refractivity contribution in [3.05, 3.63) is 27.4 Å². The molecule has 0 saturated carbocycles. The average Bonchev–Trinajstić information content (AvgIpc) is 2.17. The van der Waals surface area contributed by atoms with Crippen LogP contribution in [0.25, 0.3) is 0 Å². The number of hydrogen-bond donors (Lipinski definition) is 2. The fraction of sp³-hybridized carbons (Fsp3) is 0.286. The van der Waals surface area contributed by atoms with Crippen LogP contribution in [0.5, 0.6) is 0 Å². The molecule has 0 unspecified atom stereocenters. The van der Waals surface area contributed by atoms with Crippen molar-refractivity contribution in [3.63, 3.8) is 0 Å². The lowest BCUT2D eigenvalue weighted by Gasteiger charge is -2.05. The smallest absolute Gasteiger partial charge is 0.364 e. The first-order valence-electron chi connectivity index (χ1n) is 3.89. The number of rotatable bonds is 3. The zero-order valence-electron chi connectivity index (χ0n) is 7.48. The highest BCUT2D eigenvalue weighted by Crippen LogP contribution is 2.29. The summed E-state index contributed by atoms with van der Waals surface area (Å²) in [4.78, 5) is 13.0. The molecule has 0 spiro atoms. The molecular formula is C7H8F2N4O2. The van der Waals surface area contributed by atoms with E-state index < -0.39 is 22.7 Å². The highest BCUT2D eigenvalue weighted by molar-refractivity contribution is 5.54. The normalized spacial score (nSPS) is 10.7. The van der Waals surface area contributed by atoms with E-state index in [1.54, 1.807) is 0 Å². The van der Waals surface area contributed by atoms with Gasteiger partial charge in [-0.05, 0) is 9.91 Å². The molecule has 0 atom stereocenters. The molecule has 0 bridgehead atoms. The molecule has 0 aliphatic heterocycles. The topological polar surface area (TPSA) is 108 Å². The van der Waals surface area contributed by atoms with E-state index in [-0.39, 0.29) is 17.9 Å². The fourth-order valence-corrected chi connectivity index (χ4v) is 1.04. The lowest BCUT2D eigenvalue weighted by Crippen LogP contribution is -2.09. The summed E-state index contributed by atoms with van der Waals surface area (Å²) < 4.78 is 24.8. The number of pyridine rings is 1. The van der Waals surface area contributed by atoms with Crippen LogP contribution in [-0.4, -0.2) is 9.91 Å². The lowest BCUT2D eigenvalue weighted by atomic mass is 10.1. The maximum atomic E-state index is 12.4. The third kappa shape index (κ3) is 2.15. The molecule has 0 aliphatic carbocycles. The number of aromatic nitrogens is 1. The number of alkyl halides is 2. The summed E-state index contributed by atoms with van der Waals surface area (Å²) in [6.07, 6.45) is -2.89. The van der Waals surface area contributed by atoms with Gasteiger partial charge in [0, 0.05) is 6.07 Å². The summed E-state index contributed by atoms with van der Waals surface area (Å²) >= 11 is 0. The molecule has 0 radical (unpaired) electrons. The highest BCUT2D eigenvalue weighted by atomic mass is 19.3. The number of nitro groups is 1. The lowest BCUT2D eigenvalue weighted by molar-refractivity contribution is -0.389. The Kier molecular flexibility index (Phi) is 3.10. The highest BCUT2D eigenvalue weighted by Gasteiger charge is 2.22. The van der Waals surface area contributed by atoms with Crippen molar-refractivity contribution in [1.82, 2.24) is 4.98 Å². The number of halogens is 2. The molecule has 0 fully saturated rings. The zero-order valence-corrected chi connectivity index (χ0v) is 7.48. The van der Waals surface area contributed by atoms with E-state index in [1.807, 2.05) is 0 Å². The monoisotopic (exact) mass is 218 g/mol. The van der Waals surface area contributed by atoms with Gasteiger partial charge < -0.3 is 21.6 Å². The van der Waals surface area contributed by atoms with Crippen molar-refractivity contribution >= 4 is 11.5 Å². The molecule has 0 aliphatic rings. The zero-order chi connectivity index (χ0) is 11.6. The number of anilines is 1. The molecule has 1 rings (SSSR count). The van der Waals surface area contributed by atoms with Gasteiger partial charge in [0.15, 0.2) is 5.69 Å². The van der Waals surface area contributed by atoms with E-state index in [4.69, 9.17) is 11.5 Å². The Morgan fingerprint density at radius 1 is 1.60 bits per heavy atom. The van der Waals surface area contributed by atoms with Gasteiger partial charge in [-0.3, -0.25) is 0 Å². The Hall–Kier alpha value is -1.83. The van der Waals surface area contributed by atoms with Crippen LogP contribution in [0.2, 0.25) is 0 Å². The number of hydrogen-bond acceptors (Lipinski definition) is 5. The minimum atomic E-state index is -2.89. The quantitative estimate of drug-likeness (QED) is 0.580. The van der Waals surface area contributed by atoms with Gasteiger partial charge >= 0.3 is 5.82 Å². The maximum Gasteiger partial charge on any atom is 0.364 e. The molecule has 6 nitrogen and oxygen atoms in total. The van der Waals surface area contributed by atoms with Crippen molar-refractivity contribution in [2.45, 2.75) is 13.0 Å². The van der Waals surface area contributed by atoms with Crippen LogP contribution in [0.15, 0.2) is 6.07 Å². The Balaban J connectivity index is 3.38. The third-order valence-electron chi connectivity index (χ3n) is 1.77. The number of nitrogen functional groups attached to an aromatic ring is 1. The number of nitrogens with zero attached hydrogens (tertiary/aromatic N) is 2. The third-order valence-corrected chi connectivity index (χ3v) is 1.77. The second-order valence-electron chi connectivity index (χ2n) is 2.69. The molecule has 0 aromatic carbocycles.